The summed E-state index contributed by atoms with van der Waals surface area (Å²) in [6.45, 7) is 4.87. The van der Waals surface area contributed by atoms with Crippen LogP contribution in [0.5, 0.6) is 5.75 Å². The highest BCUT2D eigenvalue weighted by molar-refractivity contribution is 7.99. The van der Waals surface area contributed by atoms with Gasteiger partial charge in [0.25, 0.3) is 5.56 Å². The minimum atomic E-state index is -0.393. The van der Waals surface area contributed by atoms with Crippen LogP contribution in [0.2, 0.25) is 0 Å². The highest BCUT2D eigenvalue weighted by Crippen LogP contribution is 2.34. The smallest absolute Gasteiger partial charge is 0.344 e. The maximum atomic E-state index is 14.0. The molecular formula is C34H40N4O5S. The zero-order chi connectivity index (χ0) is 30.5. The number of carbonyl (C=O) groups is 2. The zero-order valence-corrected chi connectivity index (χ0v) is 26.1. The molecule has 3 aromatic rings. The number of nitrogens with zero attached hydrogens (tertiary/aromatic N) is 4. The van der Waals surface area contributed by atoms with E-state index >= 15 is 0 Å². The second-order valence-electron chi connectivity index (χ2n) is 11.8. The van der Waals surface area contributed by atoms with E-state index in [1.165, 1.54) is 19.3 Å². The number of likely N-dealkylation sites (tertiary alicyclic amines) is 1. The van der Waals surface area contributed by atoms with Crippen molar-refractivity contribution in [2.45, 2.75) is 68.9 Å². The number of esters is 1. The van der Waals surface area contributed by atoms with Crippen LogP contribution in [0.4, 0.5) is 0 Å². The summed E-state index contributed by atoms with van der Waals surface area (Å²) >= 11 is 1.74. The molecule has 1 saturated carbocycles. The number of thioether (sulfide) groups is 1. The lowest BCUT2D eigenvalue weighted by atomic mass is 9.96. The Bertz CT molecular complexity index is 1530. The molecule has 0 radical (unpaired) electrons. The Hall–Kier alpha value is -3.63. The normalized spacial score (nSPS) is 17.5. The molecule has 1 saturated heterocycles. The van der Waals surface area contributed by atoms with E-state index in [-0.39, 0.29) is 24.0 Å². The number of ether oxygens (including phenoxy) is 2. The minimum absolute atomic E-state index is 0.0581. The van der Waals surface area contributed by atoms with Crippen molar-refractivity contribution in [3.05, 3.63) is 81.8 Å². The van der Waals surface area contributed by atoms with Gasteiger partial charge >= 0.3 is 5.97 Å². The first-order valence-electron chi connectivity index (χ1n) is 15.7. The standard InChI is InChI=1S/C34H40N4O5S/c1-2-42-31(39)23-43-27-13-9-10-24(18-27)19-36-20-25(21-36)32(40)37-17-16-30-29(22-37)33(41)38(26-11-5-3-6-12-26)34(35-30)44-28-14-7-4-8-15-28/h3,5-6,9-13,18,25,28H,2,4,7-8,14-17,19-23H2,1H3. The van der Waals surface area contributed by atoms with Crippen LogP contribution in [0, 0.1) is 5.92 Å². The van der Waals surface area contributed by atoms with Crippen molar-refractivity contribution in [2.75, 3.05) is 32.8 Å². The van der Waals surface area contributed by atoms with Gasteiger partial charge in [0.05, 0.1) is 36.0 Å². The molecule has 3 heterocycles. The van der Waals surface area contributed by atoms with Crippen LogP contribution in [0.1, 0.15) is 55.8 Å². The Kier molecular flexibility index (Phi) is 9.66. The molecule has 1 amide bonds. The molecule has 0 spiro atoms. The van der Waals surface area contributed by atoms with Gasteiger partial charge in [-0.3, -0.25) is 19.1 Å². The number of hydrogen-bond acceptors (Lipinski definition) is 8. The third-order valence-corrected chi connectivity index (χ3v) is 9.91. The van der Waals surface area contributed by atoms with Crippen LogP contribution < -0.4 is 10.3 Å². The lowest BCUT2D eigenvalue weighted by molar-refractivity contribution is -0.145. The number of benzene rings is 2. The lowest BCUT2D eigenvalue weighted by Gasteiger charge is -2.41. The SMILES string of the molecule is CCOC(=O)COc1cccc(CN2CC(C(=O)N3CCc4nc(SC5CCCCC5)n(-c5ccccc5)c(=O)c4C3)C2)c1. The van der Waals surface area contributed by atoms with Crippen LogP contribution >= 0.6 is 11.8 Å². The molecule has 44 heavy (non-hydrogen) atoms. The molecule has 1 aromatic heterocycles. The fourth-order valence-electron chi connectivity index (χ4n) is 6.31. The van der Waals surface area contributed by atoms with E-state index in [0.717, 1.165) is 34.9 Å². The van der Waals surface area contributed by atoms with Crippen molar-refractivity contribution in [2.24, 2.45) is 5.92 Å². The molecule has 3 aliphatic rings. The van der Waals surface area contributed by atoms with Gasteiger partial charge in [0, 0.05) is 37.8 Å². The van der Waals surface area contributed by atoms with Gasteiger partial charge in [0.2, 0.25) is 5.91 Å². The zero-order valence-electron chi connectivity index (χ0n) is 25.3. The van der Waals surface area contributed by atoms with Gasteiger partial charge in [-0.15, -0.1) is 0 Å². The minimum Gasteiger partial charge on any atom is -0.482 e. The van der Waals surface area contributed by atoms with Crippen LogP contribution in [0.3, 0.4) is 0 Å². The maximum absolute atomic E-state index is 14.0. The summed E-state index contributed by atoms with van der Waals surface area (Å²) in [6.07, 6.45) is 6.64. The molecule has 2 fully saturated rings. The number of aromatic nitrogens is 2. The average Bonchev–Trinajstić information content (AvgIpc) is 3.02. The van der Waals surface area contributed by atoms with Gasteiger partial charge in [0.15, 0.2) is 11.8 Å². The predicted octanol–water partition coefficient (Wildman–Crippen LogP) is 4.62. The highest BCUT2D eigenvalue weighted by Gasteiger charge is 2.37. The molecule has 0 bridgehead atoms. The third-order valence-electron chi connectivity index (χ3n) is 8.62. The number of carbonyl (C=O) groups excluding carboxylic acids is 2. The topological polar surface area (TPSA) is 94.0 Å². The summed E-state index contributed by atoms with van der Waals surface area (Å²) in [5.41, 5.74) is 3.29. The summed E-state index contributed by atoms with van der Waals surface area (Å²) in [6, 6.07) is 17.4. The van der Waals surface area contributed by atoms with Gasteiger partial charge in [-0.1, -0.05) is 61.4 Å². The maximum Gasteiger partial charge on any atom is 0.344 e. The van der Waals surface area contributed by atoms with Gasteiger partial charge in [-0.25, -0.2) is 9.78 Å². The van der Waals surface area contributed by atoms with E-state index in [9.17, 15) is 14.4 Å². The molecule has 9 nitrogen and oxygen atoms in total. The highest BCUT2D eigenvalue weighted by atomic mass is 32.2. The molecule has 2 aromatic carbocycles. The second kappa shape index (κ2) is 14.0. The Morgan fingerprint density at radius 2 is 1.82 bits per heavy atom. The molecule has 10 heteroatoms. The van der Waals surface area contributed by atoms with E-state index in [1.807, 2.05) is 59.5 Å². The molecular weight excluding hydrogens is 576 g/mol. The molecule has 0 N–H and O–H groups in total. The fraction of sp³-hybridized carbons (Fsp3) is 0.471. The van der Waals surface area contributed by atoms with Crippen molar-refractivity contribution < 1.29 is 19.1 Å². The van der Waals surface area contributed by atoms with Crippen molar-refractivity contribution in [3.8, 4) is 11.4 Å². The number of hydrogen-bond donors (Lipinski definition) is 0. The predicted molar refractivity (Wildman–Crippen MR) is 169 cm³/mol. The van der Waals surface area contributed by atoms with E-state index < -0.39 is 5.97 Å². The van der Waals surface area contributed by atoms with Crippen molar-refractivity contribution in [3.63, 3.8) is 0 Å². The quantitative estimate of drug-likeness (QED) is 0.241. The molecule has 232 valence electrons. The first kappa shape index (κ1) is 30.4. The van der Waals surface area contributed by atoms with Crippen molar-refractivity contribution >= 4 is 23.6 Å². The second-order valence-corrected chi connectivity index (χ2v) is 13.1. The van der Waals surface area contributed by atoms with Crippen LogP contribution in [-0.4, -0.2) is 69.3 Å². The Balaban J connectivity index is 1.10. The summed E-state index contributed by atoms with van der Waals surface area (Å²) in [7, 11) is 0. The number of fused-ring (bicyclic) bond motifs is 1. The fourth-order valence-corrected chi connectivity index (χ4v) is 7.63. The summed E-state index contributed by atoms with van der Waals surface area (Å²) in [4.78, 5) is 48.3. The first-order valence-corrected chi connectivity index (χ1v) is 16.6. The van der Waals surface area contributed by atoms with Crippen LogP contribution in [0.15, 0.2) is 64.5 Å². The number of para-hydroxylation sites is 1. The monoisotopic (exact) mass is 616 g/mol. The summed E-state index contributed by atoms with van der Waals surface area (Å²) < 4.78 is 12.3. The van der Waals surface area contributed by atoms with Gasteiger partial charge < -0.3 is 14.4 Å². The van der Waals surface area contributed by atoms with E-state index in [0.29, 0.717) is 62.3 Å². The molecule has 0 unspecified atom stereocenters. The van der Waals surface area contributed by atoms with Crippen LogP contribution in [-0.2, 0) is 33.8 Å². The largest absolute Gasteiger partial charge is 0.482 e. The van der Waals surface area contributed by atoms with E-state index in [1.54, 1.807) is 23.3 Å². The Labute approximate surface area is 262 Å². The van der Waals surface area contributed by atoms with Gasteiger partial charge in [0.1, 0.15) is 5.75 Å². The molecule has 6 rings (SSSR count). The molecule has 0 atom stereocenters. The lowest BCUT2D eigenvalue weighted by Crippen LogP contribution is -2.55. The van der Waals surface area contributed by atoms with Gasteiger partial charge in [-0.05, 0) is 49.6 Å². The summed E-state index contributed by atoms with van der Waals surface area (Å²) in [5.74, 6) is 0.233. The van der Waals surface area contributed by atoms with Gasteiger partial charge in [-0.2, -0.15) is 0 Å². The number of amides is 1. The van der Waals surface area contributed by atoms with Crippen LogP contribution in [0.25, 0.3) is 5.69 Å². The summed E-state index contributed by atoms with van der Waals surface area (Å²) in [5, 5.41) is 1.25. The van der Waals surface area contributed by atoms with E-state index in [4.69, 9.17) is 14.5 Å². The van der Waals surface area contributed by atoms with E-state index in [2.05, 4.69) is 4.90 Å². The molecule has 1 aliphatic carbocycles. The van der Waals surface area contributed by atoms with Crippen molar-refractivity contribution in [1.82, 2.24) is 19.4 Å². The average molecular weight is 617 g/mol. The Morgan fingerprint density at radius 1 is 1.02 bits per heavy atom. The number of rotatable bonds is 10. The molecule has 2 aliphatic heterocycles. The van der Waals surface area contributed by atoms with Crippen molar-refractivity contribution in [1.29, 1.82) is 0 Å². The third kappa shape index (κ3) is 7.02. The first-order chi connectivity index (χ1) is 21.5. The Morgan fingerprint density at radius 3 is 2.59 bits per heavy atom.